The van der Waals surface area contributed by atoms with Crippen molar-refractivity contribution >= 4 is 52.1 Å². The van der Waals surface area contributed by atoms with Gasteiger partial charge in [-0.15, -0.1) is 0 Å². The van der Waals surface area contributed by atoms with Gasteiger partial charge in [0.1, 0.15) is 11.8 Å². The number of anilines is 2. The Bertz CT molecular complexity index is 1450. The molecule has 2 aromatic carbocycles. The molecule has 1 N–H and O–H groups in total. The van der Waals surface area contributed by atoms with E-state index in [4.69, 9.17) is 28.2 Å². The van der Waals surface area contributed by atoms with Crippen molar-refractivity contribution in [3.05, 3.63) is 101 Å². The number of hydrogen-bond donors (Lipinski definition) is 1. The molecule has 0 aliphatic carbocycles. The summed E-state index contributed by atoms with van der Waals surface area (Å²) in [7, 11) is 0. The molecule has 2 saturated heterocycles. The van der Waals surface area contributed by atoms with Crippen molar-refractivity contribution in [1.82, 2.24) is 10.3 Å². The predicted molar refractivity (Wildman–Crippen MR) is 164 cm³/mol. The Morgan fingerprint density at radius 1 is 1.03 bits per heavy atom. The van der Waals surface area contributed by atoms with Crippen molar-refractivity contribution in [2.24, 2.45) is 5.92 Å². The van der Waals surface area contributed by atoms with E-state index in [0.29, 0.717) is 5.11 Å². The third kappa shape index (κ3) is 5.53. The van der Waals surface area contributed by atoms with Crippen LogP contribution in [0.25, 0.3) is 0 Å². The molecule has 0 unspecified atom stereocenters. The minimum absolute atomic E-state index is 0.177. The molecular formula is C31H31ClN4OS2. The first-order chi connectivity index (χ1) is 19.0. The normalized spacial score (nSPS) is 19.9. The Morgan fingerprint density at radius 2 is 1.82 bits per heavy atom. The van der Waals surface area contributed by atoms with Crippen molar-refractivity contribution in [2.45, 2.75) is 48.8 Å². The maximum atomic E-state index is 6.91. The Balaban J connectivity index is 1.33. The van der Waals surface area contributed by atoms with Crippen molar-refractivity contribution in [3.63, 3.8) is 0 Å². The Hall–Kier alpha value is -3.00. The van der Waals surface area contributed by atoms with Gasteiger partial charge in [-0.1, -0.05) is 54.0 Å². The number of halogens is 1. The number of nitrogens with zero attached hydrogens (tertiary/aromatic N) is 3. The van der Waals surface area contributed by atoms with E-state index in [-0.39, 0.29) is 12.1 Å². The van der Waals surface area contributed by atoms with E-state index in [1.165, 1.54) is 18.4 Å². The molecule has 0 spiro atoms. The molecule has 39 heavy (non-hydrogen) atoms. The lowest BCUT2D eigenvalue weighted by Gasteiger charge is -2.33. The second-order valence-electron chi connectivity index (χ2n) is 10.4. The van der Waals surface area contributed by atoms with Gasteiger partial charge >= 0.3 is 0 Å². The summed E-state index contributed by atoms with van der Waals surface area (Å²) >= 11 is 14.4. The average molecular weight is 575 g/mol. The van der Waals surface area contributed by atoms with Gasteiger partial charge in [-0.05, 0) is 92.5 Å². The Labute approximate surface area is 244 Å². The van der Waals surface area contributed by atoms with Gasteiger partial charge in [-0.2, -0.15) is 0 Å². The number of pyridine rings is 1. The number of nitrogens with one attached hydrogen (secondary N) is 1. The number of piperidine rings is 1. The molecule has 8 heteroatoms. The first-order valence-corrected chi connectivity index (χ1v) is 15.0. The highest BCUT2D eigenvalue weighted by atomic mass is 35.5. The van der Waals surface area contributed by atoms with Crippen LogP contribution in [-0.2, 0) is 0 Å². The summed E-state index contributed by atoms with van der Waals surface area (Å²) in [6, 6.07) is 24.4. The van der Waals surface area contributed by atoms with E-state index < -0.39 is 0 Å². The molecule has 200 valence electrons. The zero-order valence-corrected chi connectivity index (χ0v) is 24.4. The van der Waals surface area contributed by atoms with Crippen molar-refractivity contribution in [2.75, 3.05) is 22.9 Å². The van der Waals surface area contributed by atoms with Crippen LogP contribution < -0.4 is 15.1 Å². The first kappa shape index (κ1) is 26.2. The zero-order valence-electron chi connectivity index (χ0n) is 22.0. The van der Waals surface area contributed by atoms with Gasteiger partial charge in [0.15, 0.2) is 10.2 Å². The standard InChI is InChI=1S/C31H31ClN4OS2/c1-20-6-9-23(10-7-20)39-28-13-12-27(37-28)30-29(25-5-3-4-16-33-25)34-31(38)36(30)22-8-11-26(24(32)19-22)35-17-14-21(2)15-18-35/h3-13,16,19,21,29-30H,14-15,17-18H2,1-2H3,(H,34,38)/t29-,30+/m0/s1. The quantitative estimate of drug-likeness (QED) is 0.233. The van der Waals surface area contributed by atoms with E-state index in [1.54, 1.807) is 11.8 Å². The van der Waals surface area contributed by atoms with E-state index in [9.17, 15) is 0 Å². The fourth-order valence-electron chi connectivity index (χ4n) is 5.34. The molecule has 4 heterocycles. The zero-order chi connectivity index (χ0) is 26.9. The molecule has 0 amide bonds. The molecule has 2 aliphatic heterocycles. The van der Waals surface area contributed by atoms with Gasteiger partial charge in [0.05, 0.1) is 22.4 Å². The lowest BCUT2D eigenvalue weighted by Crippen LogP contribution is -2.33. The van der Waals surface area contributed by atoms with Gasteiger partial charge in [-0.3, -0.25) is 4.98 Å². The summed E-state index contributed by atoms with van der Waals surface area (Å²) in [6.45, 7) is 6.47. The van der Waals surface area contributed by atoms with Gasteiger partial charge < -0.3 is 19.5 Å². The molecule has 5 nitrogen and oxygen atoms in total. The van der Waals surface area contributed by atoms with Crippen LogP contribution in [0.15, 0.2) is 93.4 Å². The SMILES string of the molecule is Cc1ccc(Sc2ccc([C@@H]3[C@H](c4ccccn4)NC(=S)N3c3ccc(N4CCC(C)CC4)c(Cl)c3)o2)cc1. The molecule has 0 bridgehead atoms. The molecule has 2 atom stereocenters. The van der Waals surface area contributed by atoms with E-state index in [0.717, 1.165) is 56.8 Å². The summed E-state index contributed by atoms with van der Waals surface area (Å²) in [5, 5.41) is 5.70. The fraction of sp³-hybridized carbons (Fsp3) is 0.290. The highest BCUT2D eigenvalue weighted by Gasteiger charge is 2.42. The maximum Gasteiger partial charge on any atom is 0.174 e. The second-order valence-corrected chi connectivity index (χ2v) is 12.2. The van der Waals surface area contributed by atoms with Crippen molar-refractivity contribution in [3.8, 4) is 0 Å². The number of thiocarbonyl (C=S) groups is 1. The number of furan rings is 1. The maximum absolute atomic E-state index is 6.91. The summed E-state index contributed by atoms with van der Waals surface area (Å²) in [6.07, 6.45) is 4.19. The molecule has 2 aromatic heterocycles. The molecule has 6 rings (SSSR count). The van der Waals surface area contributed by atoms with Gasteiger partial charge in [0.25, 0.3) is 0 Å². The van der Waals surface area contributed by atoms with Crippen LogP contribution in [-0.4, -0.2) is 23.2 Å². The third-order valence-corrected chi connectivity index (χ3v) is 9.11. The van der Waals surface area contributed by atoms with E-state index >= 15 is 0 Å². The number of hydrogen-bond acceptors (Lipinski definition) is 5. The minimum Gasteiger partial charge on any atom is -0.452 e. The molecule has 4 aromatic rings. The molecular weight excluding hydrogens is 544 g/mol. The van der Waals surface area contributed by atoms with E-state index in [2.05, 4.69) is 70.3 Å². The summed E-state index contributed by atoms with van der Waals surface area (Å²) in [5.41, 5.74) is 4.15. The topological polar surface area (TPSA) is 44.5 Å². The molecule has 2 aliphatic rings. The van der Waals surface area contributed by atoms with Crippen LogP contribution in [0, 0.1) is 12.8 Å². The third-order valence-electron chi connectivity index (χ3n) is 7.56. The number of rotatable bonds is 6. The Morgan fingerprint density at radius 3 is 2.54 bits per heavy atom. The fourth-order valence-corrected chi connectivity index (χ4v) is 6.76. The van der Waals surface area contributed by atoms with E-state index in [1.807, 2.05) is 42.6 Å². The predicted octanol–water partition coefficient (Wildman–Crippen LogP) is 8.20. The van der Waals surface area contributed by atoms with Crippen LogP contribution in [0.4, 0.5) is 11.4 Å². The van der Waals surface area contributed by atoms with Gasteiger partial charge in [0.2, 0.25) is 0 Å². The summed E-state index contributed by atoms with van der Waals surface area (Å²) in [5.74, 6) is 1.58. The largest absolute Gasteiger partial charge is 0.452 e. The number of aromatic nitrogens is 1. The van der Waals surface area contributed by atoms with Crippen LogP contribution in [0.3, 0.4) is 0 Å². The summed E-state index contributed by atoms with van der Waals surface area (Å²) < 4.78 is 6.47. The van der Waals surface area contributed by atoms with Crippen LogP contribution in [0.1, 0.15) is 48.9 Å². The monoisotopic (exact) mass is 574 g/mol. The Kier molecular flexibility index (Phi) is 7.56. The van der Waals surface area contributed by atoms with Crippen molar-refractivity contribution in [1.29, 1.82) is 0 Å². The van der Waals surface area contributed by atoms with Gasteiger partial charge in [-0.25, -0.2) is 0 Å². The number of benzene rings is 2. The average Bonchev–Trinajstić information content (AvgIpc) is 3.55. The first-order valence-electron chi connectivity index (χ1n) is 13.4. The second kappa shape index (κ2) is 11.2. The lowest BCUT2D eigenvalue weighted by atomic mass is 9.98. The highest BCUT2D eigenvalue weighted by Crippen LogP contribution is 2.45. The van der Waals surface area contributed by atoms with Crippen LogP contribution in [0.2, 0.25) is 5.02 Å². The highest BCUT2D eigenvalue weighted by molar-refractivity contribution is 7.99. The molecule has 0 saturated carbocycles. The molecule has 0 radical (unpaired) electrons. The minimum atomic E-state index is -0.225. The van der Waals surface area contributed by atoms with Crippen LogP contribution in [0.5, 0.6) is 0 Å². The van der Waals surface area contributed by atoms with Crippen molar-refractivity contribution < 1.29 is 4.42 Å². The van der Waals surface area contributed by atoms with Gasteiger partial charge in [0, 0.05) is 29.9 Å². The lowest BCUT2D eigenvalue weighted by molar-refractivity contribution is 0.383. The smallest absolute Gasteiger partial charge is 0.174 e. The molecule has 2 fully saturated rings. The van der Waals surface area contributed by atoms with Crippen LogP contribution >= 0.6 is 35.6 Å². The summed E-state index contributed by atoms with van der Waals surface area (Å²) in [4.78, 5) is 10.3. The number of aryl methyl sites for hydroxylation is 1.